The number of carbonyl (C=O) groups is 1. The first-order valence-corrected chi connectivity index (χ1v) is 8.22. The topological polar surface area (TPSA) is 76.1 Å². The summed E-state index contributed by atoms with van der Waals surface area (Å²) in [5, 5.41) is 6.22. The van der Waals surface area contributed by atoms with Gasteiger partial charge in [-0.2, -0.15) is 0 Å². The largest absolute Gasteiger partial charge is 0.379 e. The Morgan fingerprint density at radius 2 is 2.21 bits per heavy atom. The van der Waals surface area contributed by atoms with Crippen LogP contribution < -0.4 is 10.6 Å². The summed E-state index contributed by atoms with van der Waals surface area (Å²) in [7, 11) is 0. The monoisotopic (exact) mass is 340 g/mol. The van der Waals surface area contributed by atoms with E-state index in [1.54, 1.807) is 19.2 Å². The third-order valence-electron chi connectivity index (χ3n) is 4.46. The predicted molar refractivity (Wildman–Crippen MR) is 83.8 cm³/mol. The van der Waals surface area contributed by atoms with E-state index >= 15 is 0 Å². The molecule has 24 heavy (non-hydrogen) atoms. The average molecular weight is 340 g/mol. The van der Waals surface area contributed by atoms with Crippen LogP contribution in [0, 0.1) is 12.8 Å². The number of amides is 1. The Hall–Kier alpha value is -1.83. The maximum absolute atomic E-state index is 12.9. The van der Waals surface area contributed by atoms with E-state index in [0.717, 1.165) is 0 Å². The van der Waals surface area contributed by atoms with Gasteiger partial charge in [-0.15, -0.1) is 0 Å². The van der Waals surface area contributed by atoms with Crippen molar-refractivity contribution in [3.8, 4) is 0 Å². The van der Waals surface area contributed by atoms with Crippen LogP contribution in [0.4, 0.5) is 14.6 Å². The molecule has 2 atom stereocenters. The Balaban J connectivity index is 1.53. The lowest BCUT2D eigenvalue weighted by atomic mass is 9.79. The SMILES string of the molecule is Cc1nccc(N[C@@H]2COCC[C@@H]2NC(=O)CC2CC(F)(F)C2)n1. The quantitative estimate of drug-likeness (QED) is 0.856. The summed E-state index contributed by atoms with van der Waals surface area (Å²) in [6.45, 7) is 2.82. The van der Waals surface area contributed by atoms with Gasteiger partial charge in [0.05, 0.1) is 18.7 Å². The second-order valence-electron chi connectivity index (χ2n) is 6.61. The highest BCUT2D eigenvalue weighted by molar-refractivity contribution is 5.76. The number of alkyl halides is 2. The standard InChI is InChI=1S/C16H22F2N4O2/c1-10-19-4-2-14(20-10)21-13-9-24-5-3-12(13)22-15(23)6-11-7-16(17,18)8-11/h2,4,11-13H,3,5-9H2,1H3,(H,22,23)(H,19,20,21)/t12-,13+/m0/s1. The summed E-state index contributed by atoms with van der Waals surface area (Å²) in [5.41, 5.74) is 0. The van der Waals surface area contributed by atoms with Crippen molar-refractivity contribution in [1.29, 1.82) is 0 Å². The molecule has 0 bridgehead atoms. The van der Waals surface area contributed by atoms with Gasteiger partial charge < -0.3 is 15.4 Å². The van der Waals surface area contributed by atoms with Gasteiger partial charge in [-0.05, 0) is 25.3 Å². The van der Waals surface area contributed by atoms with Gasteiger partial charge in [0, 0.05) is 32.1 Å². The second kappa shape index (κ2) is 6.96. The van der Waals surface area contributed by atoms with Gasteiger partial charge in [0.1, 0.15) is 11.6 Å². The van der Waals surface area contributed by atoms with Crippen LogP contribution in [-0.2, 0) is 9.53 Å². The van der Waals surface area contributed by atoms with E-state index in [4.69, 9.17) is 4.74 Å². The molecule has 3 rings (SSSR count). The first kappa shape index (κ1) is 17.0. The van der Waals surface area contributed by atoms with E-state index < -0.39 is 5.92 Å². The van der Waals surface area contributed by atoms with Gasteiger partial charge in [-0.3, -0.25) is 4.79 Å². The lowest BCUT2D eigenvalue weighted by Crippen LogP contribution is -2.53. The Labute approximate surface area is 139 Å². The number of anilines is 1. The number of ether oxygens (including phenoxy) is 1. The first-order chi connectivity index (χ1) is 11.4. The molecule has 2 N–H and O–H groups in total. The maximum atomic E-state index is 12.9. The molecule has 2 fully saturated rings. The molecule has 1 aromatic heterocycles. The van der Waals surface area contributed by atoms with Crippen molar-refractivity contribution in [1.82, 2.24) is 15.3 Å². The zero-order valence-corrected chi connectivity index (χ0v) is 13.6. The highest BCUT2D eigenvalue weighted by atomic mass is 19.3. The Morgan fingerprint density at radius 1 is 1.42 bits per heavy atom. The van der Waals surface area contributed by atoms with Crippen LogP contribution in [0.15, 0.2) is 12.3 Å². The van der Waals surface area contributed by atoms with Gasteiger partial charge in [-0.25, -0.2) is 18.7 Å². The Morgan fingerprint density at radius 3 is 2.92 bits per heavy atom. The van der Waals surface area contributed by atoms with Crippen LogP contribution in [0.25, 0.3) is 0 Å². The molecule has 1 aromatic rings. The van der Waals surface area contributed by atoms with Crippen molar-refractivity contribution in [2.45, 2.75) is 50.6 Å². The lowest BCUT2D eigenvalue weighted by Gasteiger charge is -2.36. The number of rotatable bonds is 5. The predicted octanol–water partition coefficient (Wildman–Crippen LogP) is 1.91. The molecular formula is C16H22F2N4O2. The zero-order chi connectivity index (χ0) is 17.2. The number of halogens is 2. The minimum Gasteiger partial charge on any atom is -0.379 e. The van der Waals surface area contributed by atoms with Gasteiger partial charge in [0.2, 0.25) is 11.8 Å². The Kier molecular flexibility index (Phi) is 4.93. The molecule has 0 spiro atoms. The number of aromatic nitrogens is 2. The molecule has 1 aliphatic carbocycles. The minimum absolute atomic E-state index is 0.109. The molecular weight excluding hydrogens is 318 g/mol. The van der Waals surface area contributed by atoms with Crippen molar-refractivity contribution in [3.05, 3.63) is 18.1 Å². The van der Waals surface area contributed by atoms with E-state index in [2.05, 4.69) is 20.6 Å². The Bertz CT molecular complexity index is 591. The fourth-order valence-electron chi connectivity index (χ4n) is 3.24. The van der Waals surface area contributed by atoms with Crippen molar-refractivity contribution in [3.63, 3.8) is 0 Å². The molecule has 2 aliphatic rings. The minimum atomic E-state index is -2.58. The van der Waals surface area contributed by atoms with E-state index in [0.29, 0.717) is 31.3 Å². The van der Waals surface area contributed by atoms with Gasteiger partial charge in [0.25, 0.3) is 0 Å². The number of hydrogen-bond donors (Lipinski definition) is 2. The van der Waals surface area contributed by atoms with Crippen LogP contribution in [0.2, 0.25) is 0 Å². The van der Waals surface area contributed by atoms with Crippen molar-refractivity contribution >= 4 is 11.7 Å². The molecule has 1 saturated carbocycles. The average Bonchev–Trinajstić information content (AvgIpc) is 2.47. The first-order valence-electron chi connectivity index (χ1n) is 8.22. The summed E-state index contributed by atoms with van der Waals surface area (Å²) in [4.78, 5) is 20.5. The molecule has 0 aromatic carbocycles. The van der Waals surface area contributed by atoms with E-state index in [-0.39, 0.29) is 43.2 Å². The lowest BCUT2D eigenvalue weighted by molar-refractivity contribution is -0.134. The molecule has 1 amide bonds. The normalized spacial score (nSPS) is 26.5. The molecule has 1 saturated heterocycles. The number of nitrogens with zero attached hydrogens (tertiary/aromatic N) is 2. The van der Waals surface area contributed by atoms with Gasteiger partial charge >= 0.3 is 0 Å². The number of nitrogens with one attached hydrogen (secondary N) is 2. The highest BCUT2D eigenvalue weighted by Gasteiger charge is 2.45. The third-order valence-corrected chi connectivity index (χ3v) is 4.46. The molecule has 2 heterocycles. The summed E-state index contributed by atoms with van der Waals surface area (Å²) < 4.78 is 31.2. The zero-order valence-electron chi connectivity index (χ0n) is 13.6. The molecule has 0 unspecified atom stereocenters. The fourth-order valence-corrected chi connectivity index (χ4v) is 3.24. The molecule has 0 radical (unpaired) electrons. The van der Waals surface area contributed by atoms with Crippen LogP contribution in [0.3, 0.4) is 0 Å². The van der Waals surface area contributed by atoms with Gasteiger partial charge in [-0.1, -0.05) is 0 Å². The van der Waals surface area contributed by atoms with E-state index in [1.165, 1.54) is 0 Å². The van der Waals surface area contributed by atoms with Crippen LogP contribution >= 0.6 is 0 Å². The van der Waals surface area contributed by atoms with Crippen molar-refractivity contribution in [2.75, 3.05) is 18.5 Å². The van der Waals surface area contributed by atoms with Gasteiger partial charge in [0.15, 0.2) is 0 Å². The third kappa shape index (κ3) is 4.37. The second-order valence-corrected chi connectivity index (χ2v) is 6.61. The van der Waals surface area contributed by atoms with Crippen LogP contribution in [-0.4, -0.2) is 47.1 Å². The highest BCUT2D eigenvalue weighted by Crippen LogP contribution is 2.43. The van der Waals surface area contributed by atoms with Crippen LogP contribution in [0.5, 0.6) is 0 Å². The van der Waals surface area contributed by atoms with E-state index in [9.17, 15) is 13.6 Å². The summed E-state index contributed by atoms with van der Waals surface area (Å²) in [6, 6.07) is 1.54. The van der Waals surface area contributed by atoms with Crippen LogP contribution in [0.1, 0.15) is 31.5 Å². The molecule has 8 heteroatoms. The molecule has 1 aliphatic heterocycles. The smallest absolute Gasteiger partial charge is 0.248 e. The van der Waals surface area contributed by atoms with E-state index in [1.807, 2.05) is 0 Å². The number of aryl methyl sites for hydroxylation is 1. The molecule has 6 nitrogen and oxygen atoms in total. The number of hydrogen-bond acceptors (Lipinski definition) is 5. The maximum Gasteiger partial charge on any atom is 0.248 e. The molecule has 132 valence electrons. The van der Waals surface area contributed by atoms with Crippen molar-refractivity contribution in [2.24, 2.45) is 5.92 Å². The summed E-state index contributed by atoms with van der Waals surface area (Å²) in [5.74, 6) is -1.64. The summed E-state index contributed by atoms with van der Waals surface area (Å²) >= 11 is 0. The fraction of sp³-hybridized carbons (Fsp3) is 0.688. The summed E-state index contributed by atoms with van der Waals surface area (Å²) in [6.07, 6.45) is 2.13. The van der Waals surface area contributed by atoms with Crippen molar-refractivity contribution < 1.29 is 18.3 Å². The number of carbonyl (C=O) groups excluding carboxylic acids is 1.